The first kappa shape index (κ1) is 16.4. The van der Waals surface area contributed by atoms with Crippen LogP contribution in [0.4, 0.5) is 0 Å². The van der Waals surface area contributed by atoms with Gasteiger partial charge in [0, 0.05) is 20.2 Å². The molecule has 5 heteroatoms. The van der Waals surface area contributed by atoms with Crippen LogP contribution >= 0.6 is 12.2 Å². The molecule has 0 aromatic carbocycles. The fourth-order valence-corrected chi connectivity index (χ4v) is 3.06. The molecule has 0 radical (unpaired) electrons. The molecule has 0 atom stereocenters. The molecule has 0 aliphatic heterocycles. The molecule has 0 bridgehead atoms. The third-order valence-electron chi connectivity index (χ3n) is 3.78. The number of ether oxygens (including phenoxy) is 1. The molecule has 0 spiro atoms. The van der Waals surface area contributed by atoms with E-state index >= 15 is 0 Å². The Morgan fingerprint density at radius 1 is 1.42 bits per heavy atom. The number of methoxy groups -OCH3 is 1. The van der Waals surface area contributed by atoms with Gasteiger partial charge in [0.05, 0.1) is 17.0 Å². The molecule has 19 heavy (non-hydrogen) atoms. The van der Waals surface area contributed by atoms with Crippen molar-refractivity contribution in [1.82, 2.24) is 4.90 Å². The van der Waals surface area contributed by atoms with Crippen LogP contribution in [0.5, 0.6) is 0 Å². The number of rotatable bonds is 7. The highest BCUT2D eigenvalue weighted by atomic mass is 32.1. The Kier molecular flexibility index (Phi) is 6.20. The van der Waals surface area contributed by atoms with E-state index in [1.807, 2.05) is 4.90 Å². The molecule has 2 N–H and O–H groups in total. The lowest BCUT2D eigenvalue weighted by Crippen LogP contribution is -2.51. The van der Waals surface area contributed by atoms with Gasteiger partial charge in [-0.05, 0) is 18.8 Å². The predicted octanol–water partition coefficient (Wildman–Crippen LogP) is 1.96. The molecule has 1 rings (SSSR count). The van der Waals surface area contributed by atoms with Crippen molar-refractivity contribution in [3.63, 3.8) is 0 Å². The van der Waals surface area contributed by atoms with Gasteiger partial charge in [-0.15, -0.1) is 0 Å². The molecule has 1 amide bonds. The Morgan fingerprint density at radius 2 is 2.00 bits per heavy atom. The minimum atomic E-state index is -0.599. The first-order chi connectivity index (χ1) is 8.94. The molecule has 0 aromatic heterocycles. The van der Waals surface area contributed by atoms with Crippen LogP contribution in [0.2, 0.25) is 0 Å². The molecular weight excluding hydrogens is 260 g/mol. The molecule has 0 heterocycles. The third kappa shape index (κ3) is 3.89. The molecule has 1 aliphatic carbocycles. The average Bonchev–Trinajstić information content (AvgIpc) is 2.83. The Labute approximate surface area is 121 Å². The van der Waals surface area contributed by atoms with Crippen LogP contribution in [-0.4, -0.2) is 42.6 Å². The first-order valence-electron chi connectivity index (χ1n) is 7.02. The maximum atomic E-state index is 12.9. The fraction of sp³-hybridized carbons (Fsp3) is 0.857. The molecule has 4 nitrogen and oxygen atoms in total. The van der Waals surface area contributed by atoms with Gasteiger partial charge in [-0.2, -0.15) is 0 Å². The molecule has 1 aliphatic rings. The second-order valence-corrected chi connectivity index (χ2v) is 6.23. The summed E-state index contributed by atoms with van der Waals surface area (Å²) in [6.07, 6.45) is 3.65. The summed E-state index contributed by atoms with van der Waals surface area (Å²) in [4.78, 5) is 15.1. The fourth-order valence-electron chi connectivity index (χ4n) is 2.76. The van der Waals surface area contributed by atoms with Crippen molar-refractivity contribution in [1.29, 1.82) is 0 Å². The van der Waals surface area contributed by atoms with Crippen molar-refractivity contribution in [3.05, 3.63) is 0 Å². The van der Waals surface area contributed by atoms with E-state index in [9.17, 15) is 4.79 Å². The largest absolute Gasteiger partial charge is 0.392 e. The molecule has 1 fully saturated rings. The molecule has 110 valence electrons. The summed E-state index contributed by atoms with van der Waals surface area (Å²) in [7, 11) is 1.65. The van der Waals surface area contributed by atoms with E-state index in [-0.39, 0.29) is 5.91 Å². The van der Waals surface area contributed by atoms with Crippen molar-refractivity contribution in [2.45, 2.75) is 39.5 Å². The molecular formula is C14H26N2O2S. The summed E-state index contributed by atoms with van der Waals surface area (Å²) in [5, 5.41) is 0. The van der Waals surface area contributed by atoms with Crippen LogP contribution in [-0.2, 0) is 9.53 Å². The Hall–Kier alpha value is -0.680. The standard InChI is InChI=1S/C14H26N2O2S/c1-11(2)10-16(8-9-18-3)13(17)14(12(15)19)6-4-5-7-14/h11H,4-10H2,1-3H3,(H2,15,19). The monoisotopic (exact) mass is 286 g/mol. The van der Waals surface area contributed by atoms with Gasteiger partial charge in [-0.25, -0.2) is 0 Å². The Balaban J connectivity index is 2.86. The van der Waals surface area contributed by atoms with Crippen molar-refractivity contribution in [3.8, 4) is 0 Å². The zero-order valence-corrected chi connectivity index (χ0v) is 13.1. The van der Waals surface area contributed by atoms with Crippen LogP contribution in [0.3, 0.4) is 0 Å². The van der Waals surface area contributed by atoms with E-state index in [0.717, 1.165) is 32.2 Å². The zero-order valence-electron chi connectivity index (χ0n) is 12.3. The van der Waals surface area contributed by atoms with Gasteiger partial charge in [0.25, 0.3) is 0 Å². The summed E-state index contributed by atoms with van der Waals surface area (Å²) in [5.74, 6) is 0.522. The minimum Gasteiger partial charge on any atom is -0.392 e. The lowest BCUT2D eigenvalue weighted by Gasteiger charge is -2.34. The van der Waals surface area contributed by atoms with Crippen LogP contribution in [0, 0.1) is 11.3 Å². The van der Waals surface area contributed by atoms with Gasteiger partial charge < -0.3 is 15.4 Å². The van der Waals surface area contributed by atoms with E-state index in [1.165, 1.54) is 0 Å². The second kappa shape index (κ2) is 7.20. The summed E-state index contributed by atoms with van der Waals surface area (Å²) in [6, 6.07) is 0. The number of nitrogens with zero attached hydrogens (tertiary/aromatic N) is 1. The lowest BCUT2D eigenvalue weighted by atomic mass is 9.84. The van der Waals surface area contributed by atoms with Gasteiger partial charge in [-0.3, -0.25) is 4.79 Å². The van der Waals surface area contributed by atoms with E-state index in [1.54, 1.807) is 7.11 Å². The van der Waals surface area contributed by atoms with E-state index in [4.69, 9.17) is 22.7 Å². The number of carbonyl (C=O) groups excluding carboxylic acids is 1. The number of hydrogen-bond donors (Lipinski definition) is 1. The van der Waals surface area contributed by atoms with E-state index < -0.39 is 5.41 Å². The minimum absolute atomic E-state index is 0.100. The van der Waals surface area contributed by atoms with E-state index in [2.05, 4.69) is 13.8 Å². The van der Waals surface area contributed by atoms with Gasteiger partial charge >= 0.3 is 0 Å². The Bertz CT molecular complexity index is 325. The summed E-state index contributed by atoms with van der Waals surface area (Å²) >= 11 is 5.19. The number of hydrogen-bond acceptors (Lipinski definition) is 3. The summed E-state index contributed by atoms with van der Waals surface area (Å²) < 4.78 is 5.10. The van der Waals surface area contributed by atoms with Gasteiger partial charge in [0.1, 0.15) is 0 Å². The number of nitrogens with two attached hydrogens (primary N) is 1. The lowest BCUT2D eigenvalue weighted by molar-refractivity contribution is -0.139. The molecule has 0 saturated heterocycles. The van der Waals surface area contributed by atoms with Crippen molar-refractivity contribution >= 4 is 23.1 Å². The predicted molar refractivity (Wildman–Crippen MR) is 81.0 cm³/mol. The SMILES string of the molecule is COCCN(CC(C)C)C(=O)C1(C(N)=S)CCCC1. The summed E-state index contributed by atoms with van der Waals surface area (Å²) in [6.45, 7) is 6.10. The number of thiocarbonyl (C=S) groups is 1. The Morgan fingerprint density at radius 3 is 2.42 bits per heavy atom. The molecule has 1 saturated carbocycles. The number of carbonyl (C=O) groups is 1. The quantitative estimate of drug-likeness (QED) is 0.727. The first-order valence-corrected chi connectivity index (χ1v) is 7.43. The van der Waals surface area contributed by atoms with Gasteiger partial charge in [0.2, 0.25) is 5.91 Å². The number of amides is 1. The van der Waals surface area contributed by atoms with Crippen LogP contribution in [0.15, 0.2) is 0 Å². The average molecular weight is 286 g/mol. The highest BCUT2D eigenvalue weighted by Gasteiger charge is 2.46. The second-order valence-electron chi connectivity index (χ2n) is 5.79. The normalized spacial score (nSPS) is 17.7. The van der Waals surface area contributed by atoms with Crippen LogP contribution in [0.25, 0.3) is 0 Å². The smallest absolute Gasteiger partial charge is 0.235 e. The van der Waals surface area contributed by atoms with Gasteiger partial charge in [-0.1, -0.05) is 38.9 Å². The highest BCUT2D eigenvalue weighted by molar-refractivity contribution is 7.80. The molecule has 0 aromatic rings. The summed E-state index contributed by atoms with van der Waals surface area (Å²) in [5.41, 5.74) is 5.28. The highest BCUT2D eigenvalue weighted by Crippen LogP contribution is 2.40. The van der Waals surface area contributed by atoms with Gasteiger partial charge in [0.15, 0.2) is 0 Å². The van der Waals surface area contributed by atoms with Crippen molar-refractivity contribution in [2.75, 3.05) is 26.8 Å². The maximum Gasteiger partial charge on any atom is 0.235 e. The van der Waals surface area contributed by atoms with Crippen LogP contribution in [0.1, 0.15) is 39.5 Å². The van der Waals surface area contributed by atoms with Crippen LogP contribution < -0.4 is 5.73 Å². The van der Waals surface area contributed by atoms with E-state index in [0.29, 0.717) is 24.1 Å². The zero-order chi connectivity index (χ0) is 14.5. The third-order valence-corrected chi connectivity index (χ3v) is 4.17. The maximum absolute atomic E-state index is 12.9. The molecule has 0 unspecified atom stereocenters. The topological polar surface area (TPSA) is 55.6 Å². The van der Waals surface area contributed by atoms with Crippen molar-refractivity contribution in [2.24, 2.45) is 17.1 Å². The van der Waals surface area contributed by atoms with Crippen molar-refractivity contribution < 1.29 is 9.53 Å².